The van der Waals surface area contributed by atoms with Gasteiger partial charge in [-0.25, -0.2) is 5.06 Å². The molecule has 1 atom stereocenters. The van der Waals surface area contributed by atoms with E-state index in [1.165, 1.54) is 12.8 Å². The Morgan fingerprint density at radius 1 is 1.22 bits per heavy atom. The minimum atomic E-state index is -0.321. The molecule has 3 heteroatoms. The Labute approximate surface area is 109 Å². The summed E-state index contributed by atoms with van der Waals surface area (Å²) in [5.74, 6) is -0.321. The summed E-state index contributed by atoms with van der Waals surface area (Å²) in [5.41, 5.74) is 0.528. The first-order valence-electron chi connectivity index (χ1n) is 6.74. The monoisotopic (exact) mass is 249 g/mol. The van der Waals surface area contributed by atoms with E-state index in [1.807, 2.05) is 13.0 Å². The van der Waals surface area contributed by atoms with Crippen molar-refractivity contribution >= 4 is 5.91 Å². The van der Waals surface area contributed by atoms with Crippen LogP contribution in [0.25, 0.3) is 0 Å². The van der Waals surface area contributed by atoms with Crippen molar-refractivity contribution in [1.29, 1.82) is 0 Å². The van der Waals surface area contributed by atoms with Crippen molar-refractivity contribution in [1.82, 2.24) is 5.06 Å². The summed E-state index contributed by atoms with van der Waals surface area (Å²) in [6, 6.07) is 8.76. The predicted molar refractivity (Wildman–Crippen MR) is 72.6 cm³/mol. The molecular formula is C15H23NO2. The van der Waals surface area contributed by atoms with Crippen molar-refractivity contribution in [3.05, 3.63) is 35.9 Å². The lowest BCUT2D eigenvalue weighted by atomic mass is 10.1. The first-order valence-corrected chi connectivity index (χ1v) is 6.74. The van der Waals surface area contributed by atoms with Crippen molar-refractivity contribution in [3.63, 3.8) is 0 Å². The second kappa shape index (κ2) is 7.88. The van der Waals surface area contributed by atoms with E-state index in [4.69, 9.17) is 0 Å². The highest BCUT2D eigenvalue weighted by Crippen LogP contribution is 2.12. The van der Waals surface area contributed by atoms with Crippen molar-refractivity contribution in [2.45, 2.75) is 52.0 Å². The van der Waals surface area contributed by atoms with Crippen LogP contribution in [0.15, 0.2) is 30.3 Å². The number of carbonyl (C=O) groups is 1. The van der Waals surface area contributed by atoms with Crippen molar-refractivity contribution in [2.24, 2.45) is 0 Å². The van der Waals surface area contributed by atoms with Gasteiger partial charge in [-0.05, 0) is 25.5 Å². The number of carbonyl (C=O) groups excluding carboxylic acids is 1. The maximum Gasteiger partial charge on any atom is 0.277 e. The second-order valence-electron chi connectivity index (χ2n) is 4.71. The molecule has 0 bridgehead atoms. The van der Waals surface area contributed by atoms with Gasteiger partial charge in [-0.15, -0.1) is 0 Å². The van der Waals surface area contributed by atoms with Gasteiger partial charge in [0.25, 0.3) is 5.91 Å². The SMILES string of the molecule is CCCCCCC(C)N(O)C(=O)c1ccccc1. The molecule has 0 saturated heterocycles. The van der Waals surface area contributed by atoms with Crippen LogP contribution in [0.5, 0.6) is 0 Å². The molecule has 0 radical (unpaired) electrons. The lowest BCUT2D eigenvalue weighted by Gasteiger charge is -2.22. The van der Waals surface area contributed by atoms with E-state index >= 15 is 0 Å². The highest BCUT2D eigenvalue weighted by Gasteiger charge is 2.18. The Morgan fingerprint density at radius 3 is 2.50 bits per heavy atom. The number of benzene rings is 1. The van der Waals surface area contributed by atoms with Crippen LogP contribution < -0.4 is 0 Å². The molecule has 0 fully saturated rings. The smallest absolute Gasteiger partial charge is 0.277 e. The number of nitrogens with zero attached hydrogens (tertiary/aromatic N) is 1. The molecule has 18 heavy (non-hydrogen) atoms. The van der Waals surface area contributed by atoms with Gasteiger partial charge in [-0.2, -0.15) is 0 Å². The van der Waals surface area contributed by atoms with E-state index < -0.39 is 0 Å². The zero-order valence-corrected chi connectivity index (χ0v) is 11.3. The fourth-order valence-corrected chi connectivity index (χ4v) is 1.90. The van der Waals surface area contributed by atoms with Crippen molar-refractivity contribution in [2.75, 3.05) is 0 Å². The van der Waals surface area contributed by atoms with Gasteiger partial charge in [-0.3, -0.25) is 10.0 Å². The predicted octanol–water partition coefficient (Wildman–Crippen LogP) is 3.88. The summed E-state index contributed by atoms with van der Waals surface area (Å²) in [6.07, 6.45) is 5.46. The van der Waals surface area contributed by atoms with Gasteiger partial charge in [0.1, 0.15) is 0 Å². The summed E-state index contributed by atoms with van der Waals surface area (Å²) in [7, 11) is 0. The largest absolute Gasteiger partial charge is 0.285 e. The number of hydrogen-bond acceptors (Lipinski definition) is 2. The molecule has 0 aromatic heterocycles. The van der Waals surface area contributed by atoms with Gasteiger partial charge in [0, 0.05) is 5.56 Å². The molecule has 0 heterocycles. The van der Waals surface area contributed by atoms with Gasteiger partial charge in [0.05, 0.1) is 6.04 Å². The molecule has 1 aromatic carbocycles. The Balaban J connectivity index is 2.43. The third-order valence-corrected chi connectivity index (χ3v) is 3.12. The molecule has 0 aliphatic carbocycles. The van der Waals surface area contributed by atoms with Gasteiger partial charge < -0.3 is 0 Å². The van der Waals surface area contributed by atoms with Crippen molar-refractivity contribution in [3.8, 4) is 0 Å². The summed E-state index contributed by atoms with van der Waals surface area (Å²) in [5, 5.41) is 10.7. The van der Waals surface area contributed by atoms with Crippen LogP contribution in [0.2, 0.25) is 0 Å². The fraction of sp³-hybridized carbons (Fsp3) is 0.533. The van der Waals surface area contributed by atoms with E-state index in [-0.39, 0.29) is 11.9 Å². The lowest BCUT2D eigenvalue weighted by molar-refractivity contribution is -0.0861. The van der Waals surface area contributed by atoms with Crippen molar-refractivity contribution < 1.29 is 10.0 Å². The third kappa shape index (κ3) is 4.49. The Morgan fingerprint density at radius 2 is 1.89 bits per heavy atom. The summed E-state index contributed by atoms with van der Waals surface area (Å²) in [6.45, 7) is 4.05. The molecule has 100 valence electrons. The zero-order valence-electron chi connectivity index (χ0n) is 11.3. The minimum Gasteiger partial charge on any atom is -0.285 e. The van der Waals surface area contributed by atoms with E-state index in [0.717, 1.165) is 24.3 Å². The van der Waals surface area contributed by atoms with Crippen LogP contribution in [0.1, 0.15) is 56.3 Å². The number of unbranched alkanes of at least 4 members (excludes halogenated alkanes) is 3. The van der Waals surface area contributed by atoms with Gasteiger partial charge in [0.2, 0.25) is 0 Å². The molecule has 1 amide bonds. The second-order valence-corrected chi connectivity index (χ2v) is 4.71. The molecule has 0 spiro atoms. The Hall–Kier alpha value is -1.35. The first kappa shape index (κ1) is 14.7. The molecule has 3 nitrogen and oxygen atoms in total. The average molecular weight is 249 g/mol. The number of amides is 1. The molecule has 1 rings (SSSR count). The number of hydrogen-bond donors (Lipinski definition) is 1. The topological polar surface area (TPSA) is 40.5 Å². The highest BCUT2D eigenvalue weighted by atomic mass is 16.5. The first-order chi connectivity index (χ1) is 8.66. The van der Waals surface area contributed by atoms with E-state index in [9.17, 15) is 10.0 Å². The minimum absolute atomic E-state index is 0.130. The maximum absolute atomic E-state index is 12.0. The van der Waals surface area contributed by atoms with Crippen LogP contribution in [-0.4, -0.2) is 22.2 Å². The Kier molecular flexibility index (Phi) is 6.44. The number of rotatable bonds is 7. The summed E-state index contributed by atoms with van der Waals surface area (Å²) in [4.78, 5) is 12.0. The zero-order chi connectivity index (χ0) is 13.4. The standard InChI is InChI=1S/C15H23NO2/c1-3-4-5-7-10-13(2)16(18)15(17)14-11-8-6-9-12-14/h6,8-9,11-13,18H,3-5,7,10H2,1-2H3. The molecule has 1 unspecified atom stereocenters. The van der Waals surface area contributed by atoms with Crippen LogP contribution in [-0.2, 0) is 0 Å². The average Bonchev–Trinajstić information content (AvgIpc) is 2.42. The quantitative estimate of drug-likeness (QED) is 0.452. The lowest BCUT2D eigenvalue weighted by Crippen LogP contribution is -2.35. The Bertz CT molecular complexity index is 351. The van der Waals surface area contributed by atoms with E-state index in [0.29, 0.717) is 5.56 Å². The van der Waals surface area contributed by atoms with Gasteiger partial charge in [0.15, 0.2) is 0 Å². The van der Waals surface area contributed by atoms with Gasteiger partial charge in [-0.1, -0.05) is 50.8 Å². The third-order valence-electron chi connectivity index (χ3n) is 3.12. The van der Waals surface area contributed by atoms with Crippen LogP contribution in [0.3, 0.4) is 0 Å². The van der Waals surface area contributed by atoms with Crippen LogP contribution in [0, 0.1) is 0 Å². The molecule has 0 aliphatic heterocycles. The normalized spacial score (nSPS) is 12.2. The van der Waals surface area contributed by atoms with E-state index in [2.05, 4.69) is 6.92 Å². The molecule has 1 aromatic rings. The summed E-state index contributed by atoms with van der Waals surface area (Å²) < 4.78 is 0. The highest BCUT2D eigenvalue weighted by molar-refractivity contribution is 5.93. The fourth-order valence-electron chi connectivity index (χ4n) is 1.90. The van der Waals surface area contributed by atoms with Gasteiger partial charge >= 0.3 is 0 Å². The summed E-state index contributed by atoms with van der Waals surface area (Å²) >= 11 is 0. The molecule has 1 N–H and O–H groups in total. The molecule has 0 saturated carbocycles. The number of hydroxylamine groups is 2. The maximum atomic E-state index is 12.0. The van der Waals surface area contributed by atoms with E-state index in [1.54, 1.807) is 24.3 Å². The molecular weight excluding hydrogens is 226 g/mol. The van der Waals surface area contributed by atoms with Crippen LogP contribution >= 0.6 is 0 Å². The van der Waals surface area contributed by atoms with Crippen LogP contribution in [0.4, 0.5) is 0 Å². The molecule has 0 aliphatic rings.